The van der Waals surface area contributed by atoms with Crippen LogP contribution in [0.4, 0.5) is 0 Å². The van der Waals surface area contributed by atoms with Crippen LogP contribution in [-0.4, -0.2) is 33.8 Å². The van der Waals surface area contributed by atoms with Crippen molar-refractivity contribution in [1.29, 1.82) is 0 Å². The lowest BCUT2D eigenvalue weighted by Crippen LogP contribution is -2.63. The van der Waals surface area contributed by atoms with Gasteiger partial charge in [-0.25, -0.2) is 0 Å². The van der Waals surface area contributed by atoms with E-state index in [1.165, 1.54) is 0 Å². The Hall–Kier alpha value is -1.91. The summed E-state index contributed by atoms with van der Waals surface area (Å²) in [5.74, 6) is 0.390. The molecule has 0 radical (unpaired) electrons. The van der Waals surface area contributed by atoms with Crippen LogP contribution < -0.4 is 5.32 Å². The molecule has 1 saturated heterocycles. The van der Waals surface area contributed by atoms with Crippen LogP contribution in [0.2, 0.25) is 0 Å². The lowest BCUT2D eigenvalue weighted by molar-refractivity contribution is -0.150. The third-order valence-corrected chi connectivity index (χ3v) is 4.48. The molecule has 0 bridgehead atoms. The topological polar surface area (TPSA) is 62.3 Å². The molecule has 1 N–H and O–H groups in total. The fraction of sp³-hybridized carbons (Fsp3) is 0.562. The number of piperazine rings is 1. The Morgan fingerprint density at radius 2 is 2.14 bits per heavy atom. The first kappa shape index (κ1) is 14.0. The molecule has 1 aliphatic carbocycles. The van der Waals surface area contributed by atoms with Crippen molar-refractivity contribution in [3.63, 3.8) is 0 Å². The van der Waals surface area contributed by atoms with E-state index in [-0.39, 0.29) is 23.9 Å². The number of nitrogens with zero attached hydrogens (tertiary/aromatic N) is 2. The van der Waals surface area contributed by atoms with Gasteiger partial charge in [-0.05, 0) is 49.3 Å². The normalized spacial score (nSPS) is 25.9. The van der Waals surface area contributed by atoms with Crippen molar-refractivity contribution < 1.29 is 9.59 Å². The number of aromatic nitrogens is 1. The van der Waals surface area contributed by atoms with Gasteiger partial charge in [0.15, 0.2) is 0 Å². The predicted molar refractivity (Wildman–Crippen MR) is 78.3 cm³/mol. The number of rotatable bonds is 4. The van der Waals surface area contributed by atoms with Gasteiger partial charge in [0.25, 0.3) is 0 Å². The molecule has 2 atom stereocenters. The summed E-state index contributed by atoms with van der Waals surface area (Å²) >= 11 is 0. The standard InChI is InChI=1S/C16H21N3O2/c1-3-13-15(20)18-14(11-4-5-11)16(21)19(13)9-12-6-7-17-8-10(12)2/h6-8,11,13-14H,3-5,9H2,1-2H3,(H,18,20). The van der Waals surface area contributed by atoms with Crippen LogP contribution in [0, 0.1) is 12.8 Å². The molecule has 0 aromatic carbocycles. The molecule has 5 heteroatoms. The van der Waals surface area contributed by atoms with E-state index in [2.05, 4.69) is 10.3 Å². The van der Waals surface area contributed by atoms with E-state index in [0.717, 1.165) is 24.0 Å². The molecule has 5 nitrogen and oxygen atoms in total. The maximum absolute atomic E-state index is 12.7. The first-order valence-electron chi connectivity index (χ1n) is 7.62. The Bertz CT molecular complexity index is 568. The quantitative estimate of drug-likeness (QED) is 0.910. The number of aryl methyl sites for hydroxylation is 1. The van der Waals surface area contributed by atoms with Crippen molar-refractivity contribution in [2.75, 3.05) is 0 Å². The Morgan fingerprint density at radius 1 is 1.38 bits per heavy atom. The van der Waals surface area contributed by atoms with Crippen molar-refractivity contribution in [3.8, 4) is 0 Å². The maximum atomic E-state index is 12.7. The lowest BCUT2D eigenvalue weighted by atomic mass is 10.0. The Morgan fingerprint density at radius 3 is 2.76 bits per heavy atom. The van der Waals surface area contributed by atoms with Crippen LogP contribution in [0.25, 0.3) is 0 Å². The number of carbonyl (C=O) groups is 2. The van der Waals surface area contributed by atoms with Gasteiger partial charge in [-0.1, -0.05) is 6.92 Å². The molecule has 3 rings (SSSR count). The summed E-state index contributed by atoms with van der Waals surface area (Å²) in [4.78, 5) is 30.9. The number of pyridine rings is 1. The van der Waals surface area contributed by atoms with E-state index in [4.69, 9.17) is 0 Å². The van der Waals surface area contributed by atoms with Gasteiger partial charge in [0.2, 0.25) is 11.8 Å². The molecule has 1 aliphatic heterocycles. The number of hydrogen-bond donors (Lipinski definition) is 1. The van der Waals surface area contributed by atoms with E-state index in [1.807, 2.05) is 19.9 Å². The largest absolute Gasteiger partial charge is 0.342 e. The van der Waals surface area contributed by atoms with Crippen LogP contribution >= 0.6 is 0 Å². The second-order valence-corrected chi connectivity index (χ2v) is 6.02. The summed E-state index contributed by atoms with van der Waals surface area (Å²) in [5.41, 5.74) is 2.11. The maximum Gasteiger partial charge on any atom is 0.246 e. The van der Waals surface area contributed by atoms with Gasteiger partial charge in [0.1, 0.15) is 12.1 Å². The molecule has 2 unspecified atom stereocenters. The van der Waals surface area contributed by atoms with E-state index < -0.39 is 0 Å². The smallest absolute Gasteiger partial charge is 0.246 e. The monoisotopic (exact) mass is 287 g/mol. The van der Waals surface area contributed by atoms with Gasteiger partial charge < -0.3 is 10.2 Å². The molecule has 0 spiro atoms. The summed E-state index contributed by atoms with van der Waals surface area (Å²) in [5, 5.41) is 2.92. The average molecular weight is 287 g/mol. The van der Waals surface area contributed by atoms with Crippen LogP contribution in [0.3, 0.4) is 0 Å². The third-order valence-electron chi connectivity index (χ3n) is 4.48. The van der Waals surface area contributed by atoms with Crippen molar-refractivity contribution in [2.45, 2.75) is 51.7 Å². The van der Waals surface area contributed by atoms with Gasteiger partial charge in [0, 0.05) is 18.9 Å². The van der Waals surface area contributed by atoms with Gasteiger partial charge in [-0.3, -0.25) is 14.6 Å². The summed E-state index contributed by atoms with van der Waals surface area (Å²) in [6.07, 6.45) is 6.24. The fourth-order valence-corrected chi connectivity index (χ4v) is 2.99. The zero-order valence-electron chi connectivity index (χ0n) is 12.5. The number of amides is 2. The SMILES string of the molecule is CCC1C(=O)NC(C2CC2)C(=O)N1Cc1ccncc1C. The summed E-state index contributed by atoms with van der Waals surface area (Å²) < 4.78 is 0. The minimum absolute atomic E-state index is 0.0132. The number of hydrogen-bond acceptors (Lipinski definition) is 3. The van der Waals surface area contributed by atoms with Crippen LogP contribution in [-0.2, 0) is 16.1 Å². The molecule has 1 aromatic heterocycles. The van der Waals surface area contributed by atoms with Crippen molar-refractivity contribution >= 4 is 11.8 Å². The molecule has 2 aliphatic rings. The second-order valence-electron chi connectivity index (χ2n) is 6.02. The van der Waals surface area contributed by atoms with E-state index >= 15 is 0 Å². The minimum Gasteiger partial charge on any atom is -0.342 e. The van der Waals surface area contributed by atoms with E-state index in [9.17, 15) is 9.59 Å². The molecule has 112 valence electrons. The molecular formula is C16H21N3O2. The van der Waals surface area contributed by atoms with E-state index in [1.54, 1.807) is 17.3 Å². The fourth-order valence-electron chi connectivity index (χ4n) is 2.99. The van der Waals surface area contributed by atoms with Crippen LogP contribution in [0.15, 0.2) is 18.5 Å². The van der Waals surface area contributed by atoms with Crippen molar-refractivity contribution in [1.82, 2.24) is 15.2 Å². The summed E-state index contributed by atoms with van der Waals surface area (Å²) in [7, 11) is 0. The van der Waals surface area contributed by atoms with Crippen molar-refractivity contribution in [2.24, 2.45) is 5.92 Å². The van der Waals surface area contributed by atoms with Crippen LogP contribution in [0.5, 0.6) is 0 Å². The highest BCUT2D eigenvalue weighted by Crippen LogP contribution is 2.35. The minimum atomic E-state index is -0.361. The molecule has 2 heterocycles. The van der Waals surface area contributed by atoms with E-state index in [0.29, 0.717) is 18.9 Å². The van der Waals surface area contributed by atoms with Crippen LogP contribution in [0.1, 0.15) is 37.3 Å². The predicted octanol–water partition coefficient (Wildman–Crippen LogP) is 1.41. The second kappa shape index (κ2) is 5.47. The zero-order chi connectivity index (χ0) is 15.0. The molecule has 1 aromatic rings. The zero-order valence-corrected chi connectivity index (χ0v) is 12.5. The van der Waals surface area contributed by atoms with Gasteiger partial charge in [-0.15, -0.1) is 0 Å². The highest BCUT2D eigenvalue weighted by Gasteiger charge is 2.46. The first-order chi connectivity index (χ1) is 10.1. The number of nitrogens with one attached hydrogen (secondary N) is 1. The summed E-state index contributed by atoms with van der Waals surface area (Å²) in [6.45, 7) is 4.42. The first-order valence-corrected chi connectivity index (χ1v) is 7.62. The highest BCUT2D eigenvalue weighted by atomic mass is 16.2. The lowest BCUT2D eigenvalue weighted by Gasteiger charge is -2.39. The molecular weight excluding hydrogens is 266 g/mol. The Labute approximate surface area is 124 Å². The summed E-state index contributed by atoms with van der Waals surface area (Å²) in [6, 6.07) is 1.25. The molecule has 2 fully saturated rings. The van der Waals surface area contributed by atoms with Gasteiger partial charge in [0.05, 0.1) is 0 Å². The average Bonchev–Trinajstić information content (AvgIpc) is 3.29. The molecule has 1 saturated carbocycles. The molecule has 2 amide bonds. The Balaban J connectivity index is 1.86. The van der Waals surface area contributed by atoms with Crippen molar-refractivity contribution in [3.05, 3.63) is 29.6 Å². The highest BCUT2D eigenvalue weighted by molar-refractivity contribution is 5.97. The Kier molecular flexibility index (Phi) is 3.66. The van der Waals surface area contributed by atoms with Gasteiger partial charge >= 0.3 is 0 Å². The molecule has 21 heavy (non-hydrogen) atoms. The van der Waals surface area contributed by atoms with Gasteiger partial charge in [-0.2, -0.15) is 0 Å². The number of carbonyl (C=O) groups excluding carboxylic acids is 2. The third kappa shape index (κ3) is 2.64.